The zero-order valence-corrected chi connectivity index (χ0v) is 11.4. The van der Waals surface area contributed by atoms with E-state index in [0.717, 1.165) is 19.5 Å². The van der Waals surface area contributed by atoms with Gasteiger partial charge in [-0.3, -0.25) is 9.69 Å². The molecule has 1 aliphatic rings. The molecule has 1 aliphatic heterocycles. The summed E-state index contributed by atoms with van der Waals surface area (Å²) >= 11 is 0. The molecule has 0 bridgehead atoms. The maximum Gasteiger partial charge on any atom is 0.321 e. The predicted octanol–water partition coefficient (Wildman–Crippen LogP) is 2.85. The SMILES string of the molecule is CC.CCC1CCN(C(C(=O)O)C(C)C)C1. The average Bonchev–Trinajstić information content (AvgIpc) is 2.68. The molecular formula is C13H27NO2. The molecule has 0 radical (unpaired) electrons. The molecule has 0 spiro atoms. The third kappa shape index (κ3) is 4.12. The summed E-state index contributed by atoms with van der Waals surface area (Å²) in [5, 5.41) is 9.12. The van der Waals surface area contributed by atoms with Crippen molar-refractivity contribution in [3.05, 3.63) is 0 Å². The molecule has 1 saturated heterocycles. The molecule has 1 rings (SSSR count). The molecule has 0 aromatic heterocycles. The van der Waals surface area contributed by atoms with Crippen molar-refractivity contribution in [3.63, 3.8) is 0 Å². The van der Waals surface area contributed by atoms with Gasteiger partial charge in [0.25, 0.3) is 0 Å². The first kappa shape index (κ1) is 15.4. The first-order valence-corrected chi connectivity index (χ1v) is 6.53. The minimum Gasteiger partial charge on any atom is -0.480 e. The number of nitrogens with zero attached hydrogens (tertiary/aromatic N) is 1. The fourth-order valence-electron chi connectivity index (χ4n) is 2.31. The maximum atomic E-state index is 11.1. The second kappa shape index (κ2) is 7.66. The molecule has 96 valence electrons. The summed E-state index contributed by atoms with van der Waals surface area (Å²) in [6.07, 6.45) is 2.33. The van der Waals surface area contributed by atoms with Crippen LogP contribution in [0.2, 0.25) is 0 Å². The van der Waals surface area contributed by atoms with Crippen molar-refractivity contribution in [3.8, 4) is 0 Å². The number of hydrogen-bond donors (Lipinski definition) is 1. The Kier molecular flexibility index (Phi) is 7.39. The molecule has 1 fully saturated rings. The minimum absolute atomic E-state index is 0.197. The molecule has 0 saturated carbocycles. The van der Waals surface area contributed by atoms with Crippen LogP contribution in [-0.4, -0.2) is 35.1 Å². The second-order valence-corrected chi connectivity index (χ2v) is 4.58. The van der Waals surface area contributed by atoms with Gasteiger partial charge in [-0.2, -0.15) is 0 Å². The van der Waals surface area contributed by atoms with E-state index in [0.29, 0.717) is 5.92 Å². The topological polar surface area (TPSA) is 40.5 Å². The highest BCUT2D eigenvalue weighted by atomic mass is 16.4. The molecule has 0 aromatic carbocycles. The number of aliphatic carboxylic acids is 1. The van der Waals surface area contributed by atoms with Crippen LogP contribution in [0.25, 0.3) is 0 Å². The van der Waals surface area contributed by atoms with E-state index in [4.69, 9.17) is 5.11 Å². The van der Waals surface area contributed by atoms with Crippen LogP contribution in [-0.2, 0) is 4.79 Å². The number of carboxylic acid groups (broad SMARTS) is 1. The molecule has 3 nitrogen and oxygen atoms in total. The molecule has 0 aliphatic carbocycles. The van der Waals surface area contributed by atoms with Crippen LogP contribution < -0.4 is 0 Å². The lowest BCUT2D eigenvalue weighted by Crippen LogP contribution is -2.43. The molecule has 1 N–H and O–H groups in total. The molecule has 0 aromatic rings. The monoisotopic (exact) mass is 229 g/mol. The lowest BCUT2D eigenvalue weighted by molar-refractivity contribution is -0.144. The first-order chi connectivity index (χ1) is 7.56. The summed E-state index contributed by atoms with van der Waals surface area (Å²) in [6.45, 7) is 12.1. The summed E-state index contributed by atoms with van der Waals surface area (Å²) in [6, 6.07) is -0.286. The molecule has 1 heterocycles. The highest BCUT2D eigenvalue weighted by Crippen LogP contribution is 2.24. The van der Waals surface area contributed by atoms with E-state index >= 15 is 0 Å². The lowest BCUT2D eigenvalue weighted by Gasteiger charge is -2.27. The summed E-state index contributed by atoms with van der Waals surface area (Å²) in [5.41, 5.74) is 0. The van der Waals surface area contributed by atoms with Gasteiger partial charge in [0.2, 0.25) is 0 Å². The second-order valence-electron chi connectivity index (χ2n) is 4.58. The Balaban J connectivity index is 0.00000106. The Hall–Kier alpha value is -0.570. The predicted molar refractivity (Wildman–Crippen MR) is 67.6 cm³/mol. The average molecular weight is 229 g/mol. The van der Waals surface area contributed by atoms with Gasteiger partial charge in [-0.15, -0.1) is 0 Å². The maximum absolute atomic E-state index is 11.1. The van der Waals surface area contributed by atoms with Gasteiger partial charge in [0.15, 0.2) is 0 Å². The van der Waals surface area contributed by atoms with Crippen LogP contribution in [0.1, 0.15) is 47.5 Å². The number of carboxylic acids is 1. The van der Waals surface area contributed by atoms with Crippen molar-refractivity contribution in [1.82, 2.24) is 4.90 Å². The number of rotatable bonds is 4. The molecule has 2 atom stereocenters. The fourth-order valence-corrected chi connectivity index (χ4v) is 2.31. The van der Waals surface area contributed by atoms with Gasteiger partial charge < -0.3 is 5.11 Å². The molecule has 16 heavy (non-hydrogen) atoms. The largest absolute Gasteiger partial charge is 0.480 e. The van der Waals surface area contributed by atoms with E-state index in [1.807, 2.05) is 27.7 Å². The normalized spacial score (nSPS) is 22.8. The Bertz CT molecular complexity index is 204. The van der Waals surface area contributed by atoms with Gasteiger partial charge in [-0.05, 0) is 24.8 Å². The van der Waals surface area contributed by atoms with Crippen molar-refractivity contribution in [2.75, 3.05) is 13.1 Å². The van der Waals surface area contributed by atoms with E-state index in [2.05, 4.69) is 11.8 Å². The van der Waals surface area contributed by atoms with Gasteiger partial charge in [0.1, 0.15) is 6.04 Å². The third-order valence-corrected chi connectivity index (χ3v) is 3.17. The van der Waals surface area contributed by atoms with Gasteiger partial charge in [0, 0.05) is 6.54 Å². The van der Waals surface area contributed by atoms with Crippen LogP contribution in [0.5, 0.6) is 0 Å². The van der Waals surface area contributed by atoms with Crippen LogP contribution in [0.15, 0.2) is 0 Å². The Morgan fingerprint density at radius 1 is 1.44 bits per heavy atom. The van der Waals surface area contributed by atoms with Gasteiger partial charge >= 0.3 is 5.97 Å². The Labute approximate surface area is 99.8 Å². The third-order valence-electron chi connectivity index (χ3n) is 3.17. The molecule has 3 heteroatoms. The standard InChI is InChI=1S/C11H21NO2.C2H6/c1-4-9-5-6-12(7-9)10(8(2)3)11(13)14;1-2/h8-10H,4-7H2,1-3H3,(H,13,14);1-2H3. The van der Waals surface area contributed by atoms with Gasteiger partial charge in [0.05, 0.1) is 0 Å². The van der Waals surface area contributed by atoms with E-state index in [-0.39, 0.29) is 12.0 Å². The Morgan fingerprint density at radius 3 is 2.31 bits per heavy atom. The quantitative estimate of drug-likeness (QED) is 0.806. The number of likely N-dealkylation sites (tertiary alicyclic amines) is 1. The zero-order chi connectivity index (χ0) is 12.7. The number of hydrogen-bond acceptors (Lipinski definition) is 2. The van der Waals surface area contributed by atoms with E-state index in [1.165, 1.54) is 6.42 Å². The van der Waals surface area contributed by atoms with Gasteiger partial charge in [-0.25, -0.2) is 0 Å². The van der Waals surface area contributed by atoms with Crippen LogP contribution >= 0.6 is 0 Å². The number of carbonyl (C=O) groups is 1. The summed E-state index contributed by atoms with van der Waals surface area (Å²) in [5.74, 6) is 0.232. The van der Waals surface area contributed by atoms with Gasteiger partial charge in [-0.1, -0.05) is 41.0 Å². The summed E-state index contributed by atoms with van der Waals surface area (Å²) < 4.78 is 0. The highest BCUT2D eigenvalue weighted by molar-refractivity contribution is 5.73. The smallest absolute Gasteiger partial charge is 0.321 e. The van der Waals surface area contributed by atoms with Crippen molar-refractivity contribution in [2.24, 2.45) is 11.8 Å². The van der Waals surface area contributed by atoms with E-state index < -0.39 is 5.97 Å². The van der Waals surface area contributed by atoms with E-state index in [1.54, 1.807) is 0 Å². The Morgan fingerprint density at radius 2 is 2.00 bits per heavy atom. The summed E-state index contributed by atoms with van der Waals surface area (Å²) in [7, 11) is 0. The highest BCUT2D eigenvalue weighted by Gasteiger charge is 2.33. The van der Waals surface area contributed by atoms with Crippen molar-refractivity contribution >= 4 is 5.97 Å². The zero-order valence-electron chi connectivity index (χ0n) is 11.4. The fraction of sp³-hybridized carbons (Fsp3) is 0.923. The molecule has 0 amide bonds. The van der Waals surface area contributed by atoms with Crippen molar-refractivity contribution in [2.45, 2.75) is 53.5 Å². The van der Waals surface area contributed by atoms with Crippen LogP contribution in [0.3, 0.4) is 0 Å². The lowest BCUT2D eigenvalue weighted by atomic mass is 10.0. The summed E-state index contributed by atoms with van der Waals surface area (Å²) in [4.78, 5) is 13.2. The molecule has 2 unspecified atom stereocenters. The van der Waals surface area contributed by atoms with E-state index in [9.17, 15) is 4.79 Å². The van der Waals surface area contributed by atoms with Crippen molar-refractivity contribution in [1.29, 1.82) is 0 Å². The van der Waals surface area contributed by atoms with Crippen molar-refractivity contribution < 1.29 is 9.90 Å². The minimum atomic E-state index is -0.670. The van der Waals surface area contributed by atoms with Crippen LogP contribution in [0.4, 0.5) is 0 Å². The molecular weight excluding hydrogens is 202 g/mol. The van der Waals surface area contributed by atoms with Crippen LogP contribution in [0, 0.1) is 11.8 Å². The first-order valence-electron chi connectivity index (χ1n) is 6.53.